The van der Waals surface area contributed by atoms with Gasteiger partial charge in [-0.05, 0) is 49.2 Å². The van der Waals surface area contributed by atoms with Crippen LogP contribution >= 0.6 is 46.4 Å². The highest BCUT2D eigenvalue weighted by Crippen LogP contribution is 2.33. The molecule has 0 aromatic heterocycles. The first kappa shape index (κ1) is 20.9. The van der Waals surface area contributed by atoms with Crippen LogP contribution in [0.5, 0.6) is 0 Å². The smallest absolute Gasteiger partial charge is 0.197 e. The monoisotopic (exact) mass is 450 g/mol. The van der Waals surface area contributed by atoms with Crippen molar-refractivity contribution in [3.8, 4) is 0 Å². The lowest BCUT2D eigenvalue weighted by Crippen LogP contribution is -2.16. The Bertz CT molecular complexity index is 991. The first-order valence-electron chi connectivity index (χ1n) is 8.31. The van der Waals surface area contributed by atoms with E-state index in [4.69, 9.17) is 46.4 Å². The van der Waals surface area contributed by atoms with E-state index < -0.39 is 11.6 Å². The van der Waals surface area contributed by atoms with Crippen molar-refractivity contribution >= 4 is 58.0 Å². The van der Waals surface area contributed by atoms with Crippen LogP contribution in [-0.4, -0.2) is 11.6 Å². The average molecular weight is 452 g/mol. The van der Waals surface area contributed by atoms with Crippen LogP contribution in [0.1, 0.15) is 43.0 Å². The van der Waals surface area contributed by atoms with Gasteiger partial charge in [-0.15, -0.1) is 0 Å². The molecular weight excluding hydrogens is 438 g/mol. The Hall–Kier alpha value is -1.84. The van der Waals surface area contributed by atoms with Crippen molar-refractivity contribution in [1.82, 2.24) is 0 Å². The van der Waals surface area contributed by atoms with Gasteiger partial charge in [-0.1, -0.05) is 70.7 Å². The zero-order chi connectivity index (χ0) is 20.6. The summed E-state index contributed by atoms with van der Waals surface area (Å²) in [5.74, 6) is -0.855. The van der Waals surface area contributed by atoms with Crippen molar-refractivity contribution in [2.75, 3.05) is 0 Å². The molecule has 0 bridgehead atoms. The second-order valence-electron chi connectivity index (χ2n) is 6.30. The summed E-state index contributed by atoms with van der Waals surface area (Å²) in [7, 11) is 0. The van der Waals surface area contributed by atoms with Crippen molar-refractivity contribution in [3.05, 3.63) is 102 Å². The second kappa shape index (κ2) is 8.26. The quantitative estimate of drug-likeness (QED) is 0.387. The Kier molecular flexibility index (Phi) is 6.16. The van der Waals surface area contributed by atoms with Crippen molar-refractivity contribution in [2.24, 2.45) is 0 Å². The minimum Gasteiger partial charge on any atom is -0.288 e. The molecule has 3 aromatic rings. The van der Waals surface area contributed by atoms with Gasteiger partial charge in [0.1, 0.15) is 0 Å². The van der Waals surface area contributed by atoms with Crippen molar-refractivity contribution < 1.29 is 9.59 Å². The summed E-state index contributed by atoms with van der Waals surface area (Å²) in [6.07, 6.45) is 0. The number of halogens is 4. The molecule has 0 aliphatic rings. The number of carbonyl (C=O) groups is 2. The van der Waals surface area contributed by atoms with E-state index in [0.717, 1.165) is 0 Å². The molecule has 0 radical (unpaired) electrons. The summed E-state index contributed by atoms with van der Waals surface area (Å²) >= 11 is 24.9. The van der Waals surface area contributed by atoms with Crippen LogP contribution in [0, 0.1) is 13.8 Å². The maximum Gasteiger partial charge on any atom is 0.197 e. The highest BCUT2D eigenvalue weighted by atomic mass is 35.5. The Morgan fingerprint density at radius 2 is 0.821 bits per heavy atom. The van der Waals surface area contributed by atoms with Crippen LogP contribution in [-0.2, 0) is 0 Å². The number of rotatable bonds is 4. The van der Waals surface area contributed by atoms with Crippen molar-refractivity contribution in [2.45, 2.75) is 13.8 Å². The fourth-order valence-corrected chi connectivity index (χ4v) is 4.21. The van der Waals surface area contributed by atoms with Gasteiger partial charge >= 0.3 is 0 Å². The summed E-state index contributed by atoms with van der Waals surface area (Å²) in [4.78, 5) is 26.8. The summed E-state index contributed by atoms with van der Waals surface area (Å²) in [6.45, 7) is 3.50. The van der Waals surface area contributed by atoms with Crippen molar-refractivity contribution in [1.29, 1.82) is 0 Å². The maximum absolute atomic E-state index is 13.4. The lowest BCUT2D eigenvalue weighted by atomic mass is 9.87. The predicted octanol–water partition coefficient (Wildman–Crippen LogP) is 7.38. The van der Waals surface area contributed by atoms with Crippen LogP contribution in [0.2, 0.25) is 20.1 Å². The molecule has 3 rings (SSSR count). The molecule has 0 aliphatic heterocycles. The highest BCUT2D eigenvalue weighted by Gasteiger charge is 2.28. The van der Waals surface area contributed by atoms with Gasteiger partial charge in [0.2, 0.25) is 0 Å². The zero-order valence-electron chi connectivity index (χ0n) is 14.9. The molecule has 0 amide bonds. The molecule has 3 aromatic carbocycles. The zero-order valence-corrected chi connectivity index (χ0v) is 18.0. The fraction of sp³-hybridized carbons (Fsp3) is 0.0909. The van der Waals surface area contributed by atoms with Gasteiger partial charge in [0, 0.05) is 11.1 Å². The van der Waals surface area contributed by atoms with Gasteiger partial charge < -0.3 is 0 Å². The molecule has 0 saturated carbocycles. The average Bonchev–Trinajstić information content (AvgIpc) is 2.62. The summed E-state index contributed by atoms with van der Waals surface area (Å²) in [6, 6.07) is 13.2. The maximum atomic E-state index is 13.4. The van der Waals surface area contributed by atoms with Gasteiger partial charge in [-0.2, -0.15) is 0 Å². The normalized spacial score (nSPS) is 10.8. The molecule has 0 atom stereocenters. The number of hydrogen-bond acceptors (Lipinski definition) is 2. The molecule has 0 fully saturated rings. The van der Waals surface area contributed by atoms with Crippen LogP contribution in [0.25, 0.3) is 0 Å². The van der Waals surface area contributed by atoms with Crippen LogP contribution in [0.15, 0.2) is 48.5 Å². The largest absolute Gasteiger partial charge is 0.288 e. The molecule has 2 nitrogen and oxygen atoms in total. The second-order valence-corrected chi connectivity index (χ2v) is 7.93. The van der Waals surface area contributed by atoms with Crippen LogP contribution in [0.3, 0.4) is 0 Å². The van der Waals surface area contributed by atoms with Crippen molar-refractivity contribution in [3.63, 3.8) is 0 Å². The molecular formula is C22H14Cl4O2. The SMILES string of the molecule is Cc1ccc(C)c(C(=O)c2c(Cl)cccc2Cl)c1C(=O)c1c(Cl)cccc1Cl. The van der Waals surface area contributed by atoms with E-state index in [2.05, 4.69) is 0 Å². The molecule has 0 saturated heterocycles. The first-order chi connectivity index (χ1) is 13.2. The summed E-state index contributed by atoms with van der Waals surface area (Å²) in [5, 5.41) is 0.861. The summed E-state index contributed by atoms with van der Waals surface area (Å²) < 4.78 is 0. The molecule has 0 aliphatic carbocycles. The molecule has 0 unspecified atom stereocenters. The van der Waals surface area contributed by atoms with Gasteiger partial charge in [0.25, 0.3) is 0 Å². The minimum atomic E-state index is -0.427. The van der Waals surface area contributed by atoms with Gasteiger partial charge in [-0.3, -0.25) is 9.59 Å². The van der Waals surface area contributed by atoms with Crippen LogP contribution < -0.4 is 0 Å². The third kappa shape index (κ3) is 3.70. The number of hydrogen-bond donors (Lipinski definition) is 0. The van der Waals surface area contributed by atoms with E-state index >= 15 is 0 Å². The minimum absolute atomic E-state index is 0.152. The predicted molar refractivity (Wildman–Crippen MR) is 116 cm³/mol. The summed E-state index contributed by atoms with van der Waals surface area (Å²) in [5.41, 5.74) is 2.01. The fourth-order valence-electron chi connectivity index (χ4n) is 3.08. The molecule has 6 heteroatoms. The molecule has 142 valence electrons. The lowest BCUT2D eigenvalue weighted by Gasteiger charge is -2.16. The highest BCUT2D eigenvalue weighted by molar-refractivity contribution is 6.43. The van der Waals surface area contributed by atoms with E-state index in [1.54, 1.807) is 62.4 Å². The molecule has 0 N–H and O–H groups in total. The molecule has 0 heterocycles. The molecule has 28 heavy (non-hydrogen) atoms. The van der Waals surface area contributed by atoms with E-state index in [-0.39, 0.29) is 42.3 Å². The van der Waals surface area contributed by atoms with E-state index in [1.807, 2.05) is 0 Å². The van der Waals surface area contributed by atoms with Gasteiger partial charge in [0.15, 0.2) is 11.6 Å². The Labute approximate surface area is 183 Å². The number of ketones is 2. The Morgan fingerprint density at radius 3 is 1.11 bits per heavy atom. The lowest BCUT2D eigenvalue weighted by molar-refractivity contribution is 0.100. The number of carbonyl (C=O) groups excluding carboxylic acids is 2. The van der Waals surface area contributed by atoms with Gasteiger partial charge in [0.05, 0.1) is 31.2 Å². The Balaban J connectivity index is 2.29. The number of aryl methyl sites for hydroxylation is 2. The first-order valence-corrected chi connectivity index (χ1v) is 9.82. The number of benzene rings is 3. The van der Waals surface area contributed by atoms with Crippen LogP contribution in [0.4, 0.5) is 0 Å². The third-order valence-electron chi connectivity index (χ3n) is 4.46. The van der Waals surface area contributed by atoms with Gasteiger partial charge in [-0.25, -0.2) is 0 Å². The Morgan fingerprint density at radius 1 is 0.536 bits per heavy atom. The molecule has 0 spiro atoms. The van der Waals surface area contributed by atoms with E-state index in [1.165, 1.54) is 0 Å². The van der Waals surface area contributed by atoms with E-state index in [0.29, 0.717) is 11.1 Å². The van der Waals surface area contributed by atoms with E-state index in [9.17, 15) is 9.59 Å². The topological polar surface area (TPSA) is 34.1 Å². The third-order valence-corrected chi connectivity index (χ3v) is 5.72. The standard InChI is InChI=1S/C22H14Cl4O2/c1-11-9-10-12(2)18(22(28)20-15(25)7-4-8-16(20)26)17(11)21(27)19-13(23)5-3-6-14(19)24/h3-10H,1-2H3.